The van der Waals surface area contributed by atoms with Gasteiger partial charge in [0, 0.05) is 19.3 Å². The number of unbranched alkanes of at least 4 members (excludes halogenated alkanes) is 19. The topological polar surface area (TPSA) is 89.9 Å². The van der Waals surface area contributed by atoms with E-state index in [0.29, 0.717) is 19.3 Å². The molecule has 0 aromatic rings. The van der Waals surface area contributed by atoms with Crippen molar-refractivity contribution in [1.82, 2.24) is 0 Å². The first kappa shape index (κ1) is 41.0. The molecule has 1 atom stereocenters. The van der Waals surface area contributed by atoms with Crippen molar-refractivity contribution in [3.8, 4) is 0 Å². The minimum atomic E-state index is -0.998. The molecule has 6 heteroatoms. The summed E-state index contributed by atoms with van der Waals surface area (Å²) in [5, 5.41) is 9.97. The highest BCUT2D eigenvalue weighted by Crippen LogP contribution is 2.13. The summed E-state index contributed by atoms with van der Waals surface area (Å²) in [6, 6.07) is 0. The predicted molar refractivity (Wildman–Crippen MR) is 178 cm³/mol. The van der Waals surface area contributed by atoms with Crippen molar-refractivity contribution in [3.63, 3.8) is 0 Å². The van der Waals surface area contributed by atoms with E-state index in [9.17, 15) is 19.5 Å². The Morgan fingerprint density at radius 3 is 1.40 bits per heavy atom. The molecule has 0 aliphatic heterocycles. The number of ether oxygens (including phenoxy) is 2. The van der Waals surface area contributed by atoms with E-state index in [-0.39, 0.29) is 30.9 Å². The summed E-state index contributed by atoms with van der Waals surface area (Å²) in [4.78, 5) is 35.7. The fourth-order valence-corrected chi connectivity index (χ4v) is 4.89. The van der Waals surface area contributed by atoms with Crippen LogP contribution in [0.4, 0.5) is 0 Å². The largest absolute Gasteiger partial charge is 0.463 e. The van der Waals surface area contributed by atoms with Crippen LogP contribution in [0, 0.1) is 0 Å². The second-order valence-corrected chi connectivity index (χ2v) is 12.0. The van der Waals surface area contributed by atoms with Gasteiger partial charge in [0.25, 0.3) is 0 Å². The summed E-state index contributed by atoms with van der Waals surface area (Å²) in [7, 11) is 0. The van der Waals surface area contributed by atoms with E-state index in [4.69, 9.17) is 9.47 Å². The van der Waals surface area contributed by atoms with Gasteiger partial charge in [0.2, 0.25) is 0 Å². The Balaban J connectivity index is 3.53. The van der Waals surface area contributed by atoms with Gasteiger partial charge in [-0.05, 0) is 38.2 Å². The molecule has 0 radical (unpaired) electrons. The van der Waals surface area contributed by atoms with Gasteiger partial charge in [0.15, 0.2) is 5.78 Å². The van der Waals surface area contributed by atoms with Gasteiger partial charge in [-0.25, -0.2) is 0 Å². The smallest absolute Gasteiger partial charge is 0.305 e. The van der Waals surface area contributed by atoms with Crippen LogP contribution in [-0.4, -0.2) is 42.1 Å². The van der Waals surface area contributed by atoms with Crippen molar-refractivity contribution in [2.45, 2.75) is 180 Å². The first-order chi connectivity index (χ1) is 21.0. The van der Waals surface area contributed by atoms with Crippen LogP contribution < -0.4 is 0 Å². The Kier molecular flexibility index (Phi) is 31.5. The van der Waals surface area contributed by atoms with E-state index < -0.39 is 6.10 Å². The third kappa shape index (κ3) is 32.8. The quantitative estimate of drug-likeness (QED) is 0.0355. The number of rotatable bonds is 32. The van der Waals surface area contributed by atoms with Crippen molar-refractivity contribution in [3.05, 3.63) is 24.3 Å². The van der Waals surface area contributed by atoms with Crippen LogP contribution in [-0.2, 0) is 23.9 Å². The van der Waals surface area contributed by atoms with Gasteiger partial charge in [-0.2, -0.15) is 0 Å². The Morgan fingerprint density at radius 1 is 0.535 bits per heavy atom. The fraction of sp³-hybridized carbons (Fsp3) is 0.811. The van der Waals surface area contributed by atoms with Crippen molar-refractivity contribution in [1.29, 1.82) is 0 Å². The van der Waals surface area contributed by atoms with Crippen LogP contribution in [0.25, 0.3) is 0 Å². The Labute approximate surface area is 264 Å². The van der Waals surface area contributed by atoms with E-state index in [1.807, 2.05) is 12.2 Å². The fourth-order valence-electron chi connectivity index (χ4n) is 4.89. The number of carbonyl (C=O) groups excluding carboxylic acids is 3. The third-order valence-corrected chi connectivity index (χ3v) is 7.67. The standard InChI is InChI=1S/C37H66O6/c1-3-5-7-9-11-12-13-14-15-16-18-22-26-30-36(40)42-32-35(39)33-43-37(41)31-27-23-19-21-25-29-34(38)28-24-20-17-10-8-6-4-2/h17,20,24,28,35,39H,3-16,18-19,21-23,25-27,29-33H2,1-2H3/b20-17-,28-24+/t35-/m1/s1. The van der Waals surface area contributed by atoms with Crippen LogP contribution in [0.1, 0.15) is 174 Å². The number of hydrogen-bond acceptors (Lipinski definition) is 6. The maximum atomic E-state index is 11.9. The Hall–Kier alpha value is -1.95. The first-order valence-corrected chi connectivity index (χ1v) is 17.8. The zero-order chi connectivity index (χ0) is 31.6. The van der Waals surface area contributed by atoms with E-state index in [2.05, 4.69) is 19.9 Å². The lowest BCUT2D eigenvalue weighted by molar-refractivity contribution is -0.152. The molecule has 1 N–H and O–H groups in total. The SMILES string of the molecule is CCCCC/C=C\C=C\C(=O)CCCCCCCC(=O)OC[C@H](O)COC(=O)CCCCCCCCCCCCCCC. The number of hydrogen-bond donors (Lipinski definition) is 1. The normalized spacial score (nSPS) is 12.3. The van der Waals surface area contributed by atoms with E-state index in [1.165, 1.54) is 83.5 Å². The Bertz CT molecular complexity index is 714. The summed E-state index contributed by atoms with van der Waals surface area (Å²) >= 11 is 0. The number of aliphatic hydroxyl groups excluding tert-OH is 1. The average molecular weight is 607 g/mol. The molecule has 0 unspecified atom stereocenters. The lowest BCUT2D eigenvalue weighted by Crippen LogP contribution is -2.25. The predicted octanol–water partition coefficient (Wildman–Crippen LogP) is 9.91. The molecular formula is C37H66O6. The highest BCUT2D eigenvalue weighted by Gasteiger charge is 2.12. The van der Waals surface area contributed by atoms with Gasteiger partial charge in [-0.3, -0.25) is 14.4 Å². The van der Waals surface area contributed by atoms with E-state index >= 15 is 0 Å². The van der Waals surface area contributed by atoms with Gasteiger partial charge in [0.1, 0.15) is 19.3 Å². The Morgan fingerprint density at radius 2 is 0.930 bits per heavy atom. The molecule has 0 saturated heterocycles. The molecule has 6 nitrogen and oxygen atoms in total. The van der Waals surface area contributed by atoms with Crippen molar-refractivity contribution < 1.29 is 29.0 Å². The average Bonchev–Trinajstić information content (AvgIpc) is 3.00. The molecule has 0 bridgehead atoms. The second-order valence-electron chi connectivity index (χ2n) is 12.0. The number of carbonyl (C=O) groups is 3. The molecule has 0 amide bonds. The van der Waals surface area contributed by atoms with E-state index in [0.717, 1.165) is 57.8 Å². The summed E-state index contributed by atoms with van der Waals surface area (Å²) in [5.41, 5.74) is 0. The molecule has 0 rings (SSSR count). The van der Waals surface area contributed by atoms with Crippen LogP contribution in [0.3, 0.4) is 0 Å². The van der Waals surface area contributed by atoms with Crippen molar-refractivity contribution in [2.24, 2.45) is 0 Å². The van der Waals surface area contributed by atoms with Crippen molar-refractivity contribution in [2.75, 3.05) is 13.2 Å². The molecule has 0 spiro atoms. The van der Waals surface area contributed by atoms with Gasteiger partial charge >= 0.3 is 11.9 Å². The lowest BCUT2D eigenvalue weighted by Gasteiger charge is -2.12. The minimum absolute atomic E-state index is 0.145. The summed E-state index contributed by atoms with van der Waals surface area (Å²) < 4.78 is 10.2. The number of ketones is 1. The van der Waals surface area contributed by atoms with Gasteiger partial charge < -0.3 is 14.6 Å². The zero-order valence-corrected chi connectivity index (χ0v) is 28.0. The first-order valence-electron chi connectivity index (χ1n) is 17.8. The molecule has 0 saturated carbocycles. The minimum Gasteiger partial charge on any atom is -0.463 e. The molecule has 0 fully saturated rings. The molecule has 43 heavy (non-hydrogen) atoms. The van der Waals surface area contributed by atoms with Gasteiger partial charge in [-0.1, -0.05) is 141 Å². The van der Waals surface area contributed by atoms with Crippen molar-refractivity contribution >= 4 is 17.7 Å². The summed E-state index contributed by atoms with van der Waals surface area (Å²) in [6.45, 7) is 4.14. The molecular weight excluding hydrogens is 540 g/mol. The lowest BCUT2D eigenvalue weighted by atomic mass is 10.0. The monoisotopic (exact) mass is 606 g/mol. The molecule has 0 aromatic heterocycles. The highest BCUT2D eigenvalue weighted by molar-refractivity contribution is 5.89. The maximum absolute atomic E-state index is 11.9. The maximum Gasteiger partial charge on any atom is 0.305 e. The second kappa shape index (κ2) is 33.0. The molecule has 0 aliphatic rings. The number of aliphatic hydroxyl groups is 1. The highest BCUT2D eigenvalue weighted by atomic mass is 16.6. The van der Waals surface area contributed by atoms with Crippen LogP contribution in [0.5, 0.6) is 0 Å². The number of allylic oxidation sites excluding steroid dienone is 4. The summed E-state index contributed by atoms with van der Waals surface area (Å²) in [5.74, 6) is -0.494. The molecule has 0 aromatic carbocycles. The third-order valence-electron chi connectivity index (χ3n) is 7.67. The van der Waals surface area contributed by atoms with Crippen LogP contribution >= 0.6 is 0 Å². The number of esters is 2. The van der Waals surface area contributed by atoms with Gasteiger partial charge in [0.05, 0.1) is 0 Å². The van der Waals surface area contributed by atoms with Gasteiger partial charge in [-0.15, -0.1) is 0 Å². The molecule has 250 valence electrons. The zero-order valence-electron chi connectivity index (χ0n) is 28.0. The van der Waals surface area contributed by atoms with E-state index in [1.54, 1.807) is 6.08 Å². The van der Waals surface area contributed by atoms with Crippen LogP contribution in [0.2, 0.25) is 0 Å². The summed E-state index contributed by atoms with van der Waals surface area (Å²) in [6.07, 6.45) is 33.3. The molecule has 0 heterocycles. The van der Waals surface area contributed by atoms with Crippen LogP contribution in [0.15, 0.2) is 24.3 Å². The molecule has 0 aliphatic carbocycles.